The van der Waals surface area contributed by atoms with E-state index in [0.717, 1.165) is 23.1 Å². The Balaban J connectivity index is 1.69. The van der Waals surface area contributed by atoms with E-state index in [1.807, 2.05) is 6.07 Å². The number of hydrogen-bond acceptors (Lipinski definition) is 4. The minimum atomic E-state index is 0.831. The molecule has 1 aromatic carbocycles. The molecular weight excluding hydrogens is 236 g/mol. The molecule has 1 atom stereocenters. The number of fused-ring (bicyclic) bond motifs is 1. The van der Waals surface area contributed by atoms with Crippen LogP contribution in [0.4, 0.5) is 5.13 Å². The van der Waals surface area contributed by atoms with Crippen molar-refractivity contribution in [1.29, 1.82) is 0 Å². The molecule has 1 aromatic heterocycles. The van der Waals surface area contributed by atoms with Gasteiger partial charge in [-0.25, -0.2) is 4.98 Å². The zero-order valence-electron chi connectivity index (χ0n) is 8.98. The van der Waals surface area contributed by atoms with Gasteiger partial charge in [0.1, 0.15) is 0 Å². The van der Waals surface area contributed by atoms with Crippen molar-refractivity contribution in [3.63, 3.8) is 0 Å². The third-order valence-corrected chi connectivity index (χ3v) is 5.09. The number of benzene rings is 1. The van der Waals surface area contributed by atoms with Gasteiger partial charge in [-0.15, -0.1) is 0 Å². The molecule has 0 aliphatic carbocycles. The van der Waals surface area contributed by atoms with Gasteiger partial charge in [-0.3, -0.25) is 0 Å². The first-order valence-electron chi connectivity index (χ1n) is 5.59. The quantitative estimate of drug-likeness (QED) is 0.903. The molecule has 1 N–H and O–H groups in total. The van der Waals surface area contributed by atoms with E-state index in [-0.39, 0.29) is 0 Å². The molecule has 16 heavy (non-hydrogen) atoms. The zero-order valence-corrected chi connectivity index (χ0v) is 10.6. The maximum Gasteiger partial charge on any atom is 0.183 e. The van der Waals surface area contributed by atoms with Gasteiger partial charge in [-0.1, -0.05) is 23.5 Å². The average Bonchev–Trinajstić information content (AvgIpc) is 2.95. The number of aromatic nitrogens is 1. The summed E-state index contributed by atoms with van der Waals surface area (Å²) < 4.78 is 1.27. The molecule has 0 bridgehead atoms. The Morgan fingerprint density at radius 1 is 1.38 bits per heavy atom. The normalized spacial score (nSPS) is 20.4. The van der Waals surface area contributed by atoms with E-state index in [9.17, 15) is 0 Å². The summed E-state index contributed by atoms with van der Waals surface area (Å²) in [7, 11) is 0. The van der Waals surface area contributed by atoms with Gasteiger partial charge in [-0.05, 0) is 36.0 Å². The van der Waals surface area contributed by atoms with Crippen molar-refractivity contribution in [2.75, 3.05) is 23.4 Å². The average molecular weight is 250 g/mol. The van der Waals surface area contributed by atoms with Gasteiger partial charge in [0.2, 0.25) is 0 Å². The van der Waals surface area contributed by atoms with Crippen LogP contribution < -0.4 is 5.32 Å². The fourth-order valence-electron chi connectivity index (χ4n) is 1.92. The number of anilines is 1. The molecule has 84 valence electrons. The fourth-order valence-corrected chi connectivity index (χ4v) is 4.08. The Morgan fingerprint density at radius 3 is 3.12 bits per heavy atom. The molecular formula is C12H14N2S2. The van der Waals surface area contributed by atoms with Gasteiger partial charge in [0.05, 0.1) is 10.2 Å². The molecule has 0 saturated carbocycles. The van der Waals surface area contributed by atoms with E-state index < -0.39 is 0 Å². The molecule has 2 heterocycles. The van der Waals surface area contributed by atoms with Crippen LogP contribution in [0.1, 0.15) is 6.42 Å². The fraction of sp³-hybridized carbons (Fsp3) is 0.417. The number of para-hydroxylation sites is 1. The Labute approximate surface area is 103 Å². The molecule has 2 nitrogen and oxygen atoms in total. The first-order chi connectivity index (χ1) is 7.92. The molecule has 3 rings (SSSR count). The van der Waals surface area contributed by atoms with Crippen molar-refractivity contribution in [3.05, 3.63) is 24.3 Å². The summed E-state index contributed by atoms with van der Waals surface area (Å²) in [6.45, 7) is 1.08. The lowest BCUT2D eigenvalue weighted by Crippen LogP contribution is -2.13. The Hall–Kier alpha value is -0.740. The number of rotatable bonds is 3. The molecule has 0 spiro atoms. The Bertz CT molecular complexity index is 442. The minimum absolute atomic E-state index is 0.831. The summed E-state index contributed by atoms with van der Waals surface area (Å²) in [6, 6.07) is 8.31. The van der Waals surface area contributed by atoms with E-state index in [0.29, 0.717) is 0 Å². The summed E-state index contributed by atoms with van der Waals surface area (Å²) >= 11 is 3.82. The zero-order chi connectivity index (χ0) is 10.8. The van der Waals surface area contributed by atoms with Crippen LogP contribution in [0.2, 0.25) is 0 Å². The lowest BCUT2D eigenvalue weighted by Gasteiger charge is -2.07. The van der Waals surface area contributed by atoms with E-state index in [2.05, 4.69) is 40.3 Å². The molecule has 1 fully saturated rings. The van der Waals surface area contributed by atoms with Gasteiger partial charge >= 0.3 is 0 Å². The third-order valence-electron chi connectivity index (χ3n) is 2.86. The SMILES string of the molecule is c1ccc2sc(NCC3CCSC3)nc2c1. The highest BCUT2D eigenvalue weighted by molar-refractivity contribution is 7.99. The van der Waals surface area contributed by atoms with Gasteiger partial charge in [0.25, 0.3) is 0 Å². The second-order valence-electron chi connectivity index (χ2n) is 4.10. The number of hydrogen-bond donors (Lipinski definition) is 1. The van der Waals surface area contributed by atoms with Crippen molar-refractivity contribution in [1.82, 2.24) is 4.98 Å². The summed E-state index contributed by atoms with van der Waals surface area (Å²) in [5.41, 5.74) is 1.11. The topological polar surface area (TPSA) is 24.9 Å². The maximum absolute atomic E-state index is 4.57. The molecule has 1 aliphatic rings. The van der Waals surface area contributed by atoms with Crippen LogP contribution in [0.3, 0.4) is 0 Å². The summed E-state index contributed by atoms with van der Waals surface area (Å²) in [6.07, 6.45) is 1.35. The molecule has 1 unspecified atom stereocenters. The Morgan fingerprint density at radius 2 is 2.31 bits per heavy atom. The van der Waals surface area contributed by atoms with Crippen molar-refractivity contribution in [3.8, 4) is 0 Å². The van der Waals surface area contributed by atoms with Crippen LogP contribution in [0, 0.1) is 5.92 Å². The first kappa shape index (κ1) is 10.4. The maximum atomic E-state index is 4.57. The van der Waals surface area contributed by atoms with Crippen LogP contribution >= 0.6 is 23.1 Å². The van der Waals surface area contributed by atoms with E-state index in [4.69, 9.17) is 0 Å². The predicted octanol–water partition coefficient (Wildman–Crippen LogP) is 3.46. The lowest BCUT2D eigenvalue weighted by atomic mass is 10.1. The van der Waals surface area contributed by atoms with Crippen molar-refractivity contribution >= 4 is 38.4 Å². The smallest absolute Gasteiger partial charge is 0.183 e. The van der Waals surface area contributed by atoms with Crippen LogP contribution in [0.5, 0.6) is 0 Å². The van der Waals surface area contributed by atoms with E-state index in [1.54, 1.807) is 11.3 Å². The minimum Gasteiger partial charge on any atom is -0.361 e. The molecule has 2 aromatic rings. The number of thiazole rings is 1. The van der Waals surface area contributed by atoms with Gasteiger partial charge in [-0.2, -0.15) is 11.8 Å². The molecule has 1 saturated heterocycles. The van der Waals surface area contributed by atoms with Crippen LogP contribution in [0.15, 0.2) is 24.3 Å². The van der Waals surface area contributed by atoms with Gasteiger partial charge < -0.3 is 5.32 Å². The van der Waals surface area contributed by atoms with Gasteiger partial charge in [0, 0.05) is 6.54 Å². The van der Waals surface area contributed by atoms with Gasteiger partial charge in [0.15, 0.2) is 5.13 Å². The molecule has 0 amide bonds. The van der Waals surface area contributed by atoms with E-state index in [1.165, 1.54) is 22.6 Å². The molecule has 4 heteroatoms. The highest BCUT2D eigenvalue weighted by Gasteiger charge is 2.15. The van der Waals surface area contributed by atoms with Crippen molar-refractivity contribution in [2.24, 2.45) is 5.92 Å². The molecule has 0 radical (unpaired) electrons. The number of nitrogens with one attached hydrogen (secondary N) is 1. The van der Waals surface area contributed by atoms with Crippen LogP contribution in [-0.4, -0.2) is 23.0 Å². The van der Waals surface area contributed by atoms with Crippen LogP contribution in [-0.2, 0) is 0 Å². The lowest BCUT2D eigenvalue weighted by molar-refractivity contribution is 0.631. The summed E-state index contributed by atoms with van der Waals surface area (Å²) in [5.74, 6) is 3.46. The number of nitrogens with zero attached hydrogens (tertiary/aromatic N) is 1. The van der Waals surface area contributed by atoms with E-state index >= 15 is 0 Å². The number of thioether (sulfide) groups is 1. The third kappa shape index (κ3) is 2.18. The summed E-state index contributed by atoms with van der Waals surface area (Å²) in [5, 5.41) is 4.54. The second kappa shape index (κ2) is 4.63. The Kier molecular flexibility index (Phi) is 3.02. The monoisotopic (exact) mass is 250 g/mol. The second-order valence-corrected chi connectivity index (χ2v) is 6.28. The highest BCUT2D eigenvalue weighted by Crippen LogP contribution is 2.27. The van der Waals surface area contributed by atoms with Crippen molar-refractivity contribution < 1.29 is 0 Å². The highest BCUT2D eigenvalue weighted by atomic mass is 32.2. The predicted molar refractivity (Wildman–Crippen MR) is 73.5 cm³/mol. The summed E-state index contributed by atoms with van der Waals surface area (Å²) in [4.78, 5) is 4.57. The van der Waals surface area contributed by atoms with Crippen LogP contribution in [0.25, 0.3) is 10.2 Å². The first-order valence-corrected chi connectivity index (χ1v) is 7.56. The van der Waals surface area contributed by atoms with Crippen molar-refractivity contribution in [2.45, 2.75) is 6.42 Å². The largest absolute Gasteiger partial charge is 0.361 e. The molecule has 1 aliphatic heterocycles. The standard InChI is InChI=1S/C12H14N2S2/c1-2-4-11-10(3-1)14-12(16-11)13-7-9-5-6-15-8-9/h1-4,9H,5-8H2,(H,13,14).